The molecule has 0 spiro atoms. The highest BCUT2D eigenvalue weighted by molar-refractivity contribution is 7.98. The Hall–Kier alpha value is -1.05. The minimum absolute atomic E-state index is 0.0673. The topological polar surface area (TPSA) is 56.9 Å². The molecule has 0 aromatic carbocycles. The summed E-state index contributed by atoms with van der Waals surface area (Å²) in [6, 6.07) is 2.10. The van der Waals surface area contributed by atoms with Crippen LogP contribution in [0.1, 0.15) is 16.7 Å². The van der Waals surface area contributed by atoms with Crippen molar-refractivity contribution < 1.29 is 5.11 Å². The summed E-state index contributed by atoms with van der Waals surface area (Å²) < 4.78 is 0. The van der Waals surface area contributed by atoms with Crippen molar-refractivity contribution in [3.63, 3.8) is 0 Å². The first-order valence-electron chi connectivity index (χ1n) is 3.78. The molecule has 0 aliphatic rings. The summed E-state index contributed by atoms with van der Waals surface area (Å²) in [5, 5.41) is 18.5. The van der Waals surface area contributed by atoms with Gasteiger partial charge in [-0.05, 0) is 18.7 Å². The Balaban J connectivity index is 3.34. The van der Waals surface area contributed by atoms with Crippen molar-refractivity contribution in [1.29, 1.82) is 5.26 Å². The number of aromatic nitrogens is 1. The van der Waals surface area contributed by atoms with Gasteiger partial charge in [-0.1, -0.05) is 0 Å². The monoisotopic (exact) mass is 194 g/mol. The maximum Gasteiger partial charge on any atom is 0.114 e. The van der Waals surface area contributed by atoms with Gasteiger partial charge < -0.3 is 5.11 Å². The van der Waals surface area contributed by atoms with E-state index in [2.05, 4.69) is 11.1 Å². The van der Waals surface area contributed by atoms with Crippen LogP contribution >= 0.6 is 11.8 Å². The number of rotatable bonds is 2. The molecule has 13 heavy (non-hydrogen) atoms. The van der Waals surface area contributed by atoms with Crippen LogP contribution in [0, 0.1) is 18.3 Å². The summed E-state index contributed by atoms with van der Waals surface area (Å²) in [4.78, 5) is 4.08. The Bertz CT molecular complexity index is 357. The van der Waals surface area contributed by atoms with Gasteiger partial charge in [-0.3, -0.25) is 0 Å². The Labute approximate surface area is 81.4 Å². The second-order valence-corrected chi connectivity index (χ2v) is 3.36. The normalized spacial score (nSPS) is 9.69. The first-order valence-corrected chi connectivity index (χ1v) is 5.00. The number of nitrogens with zero attached hydrogens (tertiary/aromatic N) is 2. The van der Waals surface area contributed by atoms with E-state index >= 15 is 0 Å². The lowest BCUT2D eigenvalue weighted by Gasteiger charge is -2.06. The highest BCUT2D eigenvalue weighted by Gasteiger charge is 2.09. The molecule has 1 heterocycles. The van der Waals surface area contributed by atoms with E-state index in [1.54, 1.807) is 6.20 Å². The van der Waals surface area contributed by atoms with Gasteiger partial charge in [0.1, 0.15) is 11.1 Å². The molecule has 0 aliphatic carbocycles. The summed E-state index contributed by atoms with van der Waals surface area (Å²) in [5.41, 5.74) is 2.11. The molecule has 0 aliphatic heterocycles. The Morgan fingerprint density at radius 3 is 2.85 bits per heavy atom. The maximum atomic E-state index is 8.95. The summed E-state index contributed by atoms with van der Waals surface area (Å²) in [6.45, 7) is 1.76. The van der Waals surface area contributed by atoms with Gasteiger partial charge in [0, 0.05) is 11.8 Å². The third-order valence-electron chi connectivity index (χ3n) is 1.88. The third-order valence-corrected chi connectivity index (χ3v) is 2.58. The van der Waals surface area contributed by atoms with Gasteiger partial charge in [-0.15, -0.1) is 11.8 Å². The van der Waals surface area contributed by atoms with Gasteiger partial charge in [0.2, 0.25) is 0 Å². The molecular weight excluding hydrogens is 184 g/mol. The van der Waals surface area contributed by atoms with E-state index in [-0.39, 0.29) is 6.61 Å². The smallest absolute Gasteiger partial charge is 0.114 e. The third kappa shape index (κ3) is 1.82. The number of hydrogen-bond donors (Lipinski definition) is 1. The molecule has 0 saturated heterocycles. The highest BCUT2D eigenvalue weighted by atomic mass is 32.2. The van der Waals surface area contributed by atoms with Crippen LogP contribution < -0.4 is 0 Å². The van der Waals surface area contributed by atoms with Gasteiger partial charge in [0.25, 0.3) is 0 Å². The number of hydrogen-bond acceptors (Lipinski definition) is 4. The zero-order chi connectivity index (χ0) is 9.84. The summed E-state index contributed by atoms with van der Waals surface area (Å²) in [6.07, 6.45) is 3.49. The molecule has 0 amide bonds. The van der Waals surface area contributed by atoms with Crippen LogP contribution in [0.3, 0.4) is 0 Å². The van der Waals surface area contributed by atoms with E-state index in [1.165, 1.54) is 11.8 Å². The zero-order valence-corrected chi connectivity index (χ0v) is 8.35. The van der Waals surface area contributed by atoms with Crippen LogP contribution in [0.2, 0.25) is 0 Å². The van der Waals surface area contributed by atoms with Gasteiger partial charge in [0.05, 0.1) is 12.2 Å². The average Bonchev–Trinajstić information content (AvgIpc) is 2.17. The van der Waals surface area contributed by atoms with Crippen LogP contribution in [0.25, 0.3) is 0 Å². The molecule has 0 atom stereocenters. The molecule has 4 heteroatoms. The summed E-state index contributed by atoms with van der Waals surface area (Å²) in [5.74, 6) is 0. The number of aliphatic hydroxyl groups excluding tert-OH is 1. The zero-order valence-electron chi connectivity index (χ0n) is 7.53. The molecule has 1 rings (SSSR count). The number of aliphatic hydroxyl groups is 1. The summed E-state index contributed by atoms with van der Waals surface area (Å²) >= 11 is 1.44. The van der Waals surface area contributed by atoms with Gasteiger partial charge in [0.15, 0.2) is 0 Å². The Morgan fingerprint density at radius 1 is 1.69 bits per heavy atom. The fourth-order valence-electron chi connectivity index (χ4n) is 1.06. The SMILES string of the molecule is CSc1ncc(CO)c(C)c1C#N. The predicted molar refractivity (Wildman–Crippen MR) is 51.4 cm³/mol. The quantitative estimate of drug-likeness (QED) is 0.724. The minimum atomic E-state index is -0.0673. The van der Waals surface area contributed by atoms with Gasteiger partial charge in [-0.2, -0.15) is 5.26 Å². The summed E-state index contributed by atoms with van der Waals surface area (Å²) in [7, 11) is 0. The van der Waals surface area contributed by atoms with E-state index in [0.29, 0.717) is 11.1 Å². The molecule has 0 unspecified atom stereocenters. The molecular formula is C9H10N2OS. The molecule has 0 fully saturated rings. The number of thioether (sulfide) groups is 1. The number of nitriles is 1. The first-order chi connectivity index (χ1) is 6.24. The van der Waals surface area contributed by atoms with Crippen LogP contribution in [-0.2, 0) is 6.61 Å². The van der Waals surface area contributed by atoms with Crippen LogP contribution in [0.15, 0.2) is 11.2 Å². The Kier molecular flexibility index (Phi) is 3.29. The van der Waals surface area contributed by atoms with E-state index in [4.69, 9.17) is 10.4 Å². The fourth-order valence-corrected chi connectivity index (χ4v) is 1.63. The molecule has 1 N–H and O–H groups in total. The second kappa shape index (κ2) is 4.26. The lowest BCUT2D eigenvalue weighted by atomic mass is 10.1. The number of pyridine rings is 1. The van der Waals surface area contributed by atoms with E-state index in [0.717, 1.165) is 10.6 Å². The first kappa shape index (κ1) is 10.0. The van der Waals surface area contributed by atoms with Crippen LogP contribution in [0.4, 0.5) is 0 Å². The largest absolute Gasteiger partial charge is 0.392 e. The second-order valence-electron chi connectivity index (χ2n) is 2.56. The van der Waals surface area contributed by atoms with Crippen molar-refractivity contribution in [2.45, 2.75) is 18.6 Å². The van der Waals surface area contributed by atoms with Gasteiger partial charge >= 0.3 is 0 Å². The Morgan fingerprint density at radius 2 is 2.38 bits per heavy atom. The van der Waals surface area contributed by atoms with Gasteiger partial charge in [-0.25, -0.2) is 4.98 Å². The van der Waals surface area contributed by atoms with Crippen molar-refractivity contribution in [2.75, 3.05) is 6.26 Å². The highest BCUT2D eigenvalue weighted by Crippen LogP contribution is 2.22. The molecule has 1 aromatic heterocycles. The van der Waals surface area contributed by atoms with E-state index in [1.807, 2.05) is 13.2 Å². The van der Waals surface area contributed by atoms with Crippen molar-refractivity contribution in [2.24, 2.45) is 0 Å². The van der Waals surface area contributed by atoms with E-state index < -0.39 is 0 Å². The van der Waals surface area contributed by atoms with Crippen LogP contribution in [0.5, 0.6) is 0 Å². The van der Waals surface area contributed by atoms with Crippen molar-refractivity contribution in [3.05, 3.63) is 22.9 Å². The lowest BCUT2D eigenvalue weighted by molar-refractivity contribution is 0.280. The lowest BCUT2D eigenvalue weighted by Crippen LogP contribution is -1.97. The molecule has 1 aromatic rings. The molecule has 68 valence electrons. The molecule has 3 nitrogen and oxygen atoms in total. The maximum absolute atomic E-state index is 8.95. The van der Waals surface area contributed by atoms with Crippen molar-refractivity contribution in [3.8, 4) is 6.07 Å². The van der Waals surface area contributed by atoms with E-state index in [9.17, 15) is 0 Å². The molecule has 0 saturated carbocycles. The van der Waals surface area contributed by atoms with Crippen molar-refractivity contribution >= 4 is 11.8 Å². The average molecular weight is 194 g/mol. The minimum Gasteiger partial charge on any atom is -0.392 e. The van der Waals surface area contributed by atoms with Crippen molar-refractivity contribution in [1.82, 2.24) is 4.98 Å². The van der Waals surface area contributed by atoms with Crippen LogP contribution in [-0.4, -0.2) is 16.3 Å². The molecule has 0 radical (unpaired) electrons. The standard InChI is InChI=1S/C9H10N2OS/c1-6-7(5-12)4-11-9(13-2)8(6)3-10/h4,12H,5H2,1-2H3. The molecule has 0 bridgehead atoms. The fraction of sp³-hybridized carbons (Fsp3) is 0.333. The predicted octanol–water partition coefficient (Wildman–Crippen LogP) is 1.48.